The Morgan fingerprint density at radius 2 is 1.75 bits per heavy atom. The van der Waals surface area contributed by atoms with E-state index in [1.54, 1.807) is 0 Å². The monoisotopic (exact) mass is 244 g/mol. The highest BCUT2D eigenvalue weighted by molar-refractivity contribution is 6.76. The molecule has 16 heavy (non-hydrogen) atoms. The SMILES string of the molecule is CC(CC(C)(C)C)C(=O)OCC[Si](C)(C)C. The van der Waals surface area contributed by atoms with Gasteiger partial charge in [0.05, 0.1) is 12.5 Å². The minimum absolute atomic E-state index is 0.0154. The van der Waals surface area contributed by atoms with Crippen molar-refractivity contribution < 1.29 is 9.53 Å². The lowest BCUT2D eigenvalue weighted by atomic mass is 9.85. The summed E-state index contributed by atoms with van der Waals surface area (Å²) in [5.74, 6) is -0.0187. The number of hydrogen-bond donors (Lipinski definition) is 0. The van der Waals surface area contributed by atoms with E-state index in [9.17, 15) is 4.79 Å². The number of esters is 1. The van der Waals surface area contributed by atoms with Crippen LogP contribution in [-0.4, -0.2) is 20.7 Å². The molecular weight excluding hydrogens is 216 g/mol. The van der Waals surface area contributed by atoms with Crippen molar-refractivity contribution in [3.63, 3.8) is 0 Å². The maximum Gasteiger partial charge on any atom is 0.308 e. The predicted molar refractivity (Wildman–Crippen MR) is 72.3 cm³/mol. The van der Waals surface area contributed by atoms with Crippen LogP contribution >= 0.6 is 0 Å². The Morgan fingerprint density at radius 3 is 2.12 bits per heavy atom. The topological polar surface area (TPSA) is 26.3 Å². The first-order valence-corrected chi connectivity index (χ1v) is 9.89. The molecule has 96 valence electrons. The van der Waals surface area contributed by atoms with Gasteiger partial charge in [-0.15, -0.1) is 0 Å². The summed E-state index contributed by atoms with van der Waals surface area (Å²) in [6.07, 6.45) is 0.888. The van der Waals surface area contributed by atoms with Crippen molar-refractivity contribution in [1.29, 1.82) is 0 Å². The zero-order chi connectivity index (χ0) is 13.0. The van der Waals surface area contributed by atoms with E-state index in [0.29, 0.717) is 6.61 Å². The van der Waals surface area contributed by atoms with Gasteiger partial charge in [0.15, 0.2) is 0 Å². The van der Waals surface area contributed by atoms with Gasteiger partial charge in [0, 0.05) is 8.07 Å². The van der Waals surface area contributed by atoms with Crippen molar-refractivity contribution in [3.05, 3.63) is 0 Å². The standard InChI is InChI=1S/C13H28O2Si/c1-11(10-13(2,3)4)12(14)15-8-9-16(5,6)7/h11H,8-10H2,1-7H3. The lowest BCUT2D eigenvalue weighted by molar-refractivity contribution is -0.148. The molecule has 1 atom stereocenters. The first-order chi connectivity index (χ1) is 7.01. The lowest BCUT2D eigenvalue weighted by Gasteiger charge is -2.22. The van der Waals surface area contributed by atoms with Crippen molar-refractivity contribution >= 4 is 14.0 Å². The Bertz CT molecular complexity index is 223. The summed E-state index contributed by atoms with van der Waals surface area (Å²) in [5.41, 5.74) is 0.192. The number of carbonyl (C=O) groups is 1. The molecule has 3 heteroatoms. The summed E-state index contributed by atoms with van der Waals surface area (Å²) in [5, 5.41) is 0. The predicted octanol–water partition coefficient (Wildman–Crippen LogP) is 3.94. The molecule has 0 N–H and O–H groups in total. The van der Waals surface area contributed by atoms with E-state index in [1.807, 2.05) is 6.92 Å². The van der Waals surface area contributed by atoms with Gasteiger partial charge in [-0.1, -0.05) is 47.3 Å². The zero-order valence-electron chi connectivity index (χ0n) is 12.0. The second-order valence-electron chi connectivity index (χ2n) is 7.14. The maximum absolute atomic E-state index is 11.7. The average molecular weight is 244 g/mol. The summed E-state index contributed by atoms with van der Waals surface area (Å²) in [6, 6.07) is 1.06. The Kier molecular flexibility index (Phi) is 5.74. The molecule has 0 heterocycles. The molecule has 0 aliphatic heterocycles. The fourth-order valence-electron chi connectivity index (χ4n) is 1.60. The van der Waals surface area contributed by atoms with Gasteiger partial charge in [0.2, 0.25) is 0 Å². The van der Waals surface area contributed by atoms with Gasteiger partial charge in [-0.05, 0) is 17.9 Å². The van der Waals surface area contributed by atoms with E-state index in [1.165, 1.54) is 0 Å². The molecule has 1 unspecified atom stereocenters. The number of rotatable bonds is 5. The van der Waals surface area contributed by atoms with Crippen LogP contribution in [0, 0.1) is 11.3 Å². The molecule has 0 amide bonds. The van der Waals surface area contributed by atoms with Crippen molar-refractivity contribution in [2.75, 3.05) is 6.61 Å². The van der Waals surface area contributed by atoms with E-state index in [0.717, 1.165) is 12.5 Å². The van der Waals surface area contributed by atoms with Crippen LogP contribution in [-0.2, 0) is 9.53 Å². The molecule has 0 bridgehead atoms. The van der Waals surface area contributed by atoms with Crippen molar-refractivity contribution in [3.8, 4) is 0 Å². The third-order valence-electron chi connectivity index (χ3n) is 2.42. The smallest absolute Gasteiger partial charge is 0.308 e. The van der Waals surface area contributed by atoms with Crippen LogP contribution in [0.1, 0.15) is 34.1 Å². The van der Waals surface area contributed by atoms with Crippen LogP contribution in [0.15, 0.2) is 0 Å². The minimum atomic E-state index is -1.08. The molecule has 0 aliphatic carbocycles. The van der Waals surface area contributed by atoms with E-state index >= 15 is 0 Å². The Morgan fingerprint density at radius 1 is 1.25 bits per heavy atom. The molecule has 0 aromatic heterocycles. The molecule has 0 rings (SSSR count). The van der Waals surface area contributed by atoms with Gasteiger partial charge < -0.3 is 4.74 Å². The molecule has 0 fully saturated rings. The molecule has 0 radical (unpaired) electrons. The summed E-state index contributed by atoms with van der Waals surface area (Å²) < 4.78 is 5.32. The molecule has 0 saturated heterocycles. The third-order valence-corrected chi connectivity index (χ3v) is 4.12. The van der Waals surface area contributed by atoms with Crippen molar-refractivity contribution in [2.45, 2.75) is 59.8 Å². The highest BCUT2D eigenvalue weighted by Crippen LogP contribution is 2.24. The fraction of sp³-hybridized carbons (Fsp3) is 0.923. The summed E-state index contributed by atoms with van der Waals surface area (Å²) >= 11 is 0. The van der Waals surface area contributed by atoms with Gasteiger partial charge in [0.1, 0.15) is 0 Å². The second-order valence-corrected chi connectivity index (χ2v) is 12.8. The third kappa shape index (κ3) is 8.95. The van der Waals surface area contributed by atoms with Crippen LogP contribution in [0.4, 0.5) is 0 Å². The van der Waals surface area contributed by atoms with Crippen LogP contribution in [0.25, 0.3) is 0 Å². The molecule has 0 aromatic carbocycles. The average Bonchev–Trinajstić information content (AvgIpc) is 1.98. The molecule has 2 nitrogen and oxygen atoms in total. The van der Waals surface area contributed by atoms with Gasteiger partial charge in [-0.2, -0.15) is 0 Å². The largest absolute Gasteiger partial charge is 0.466 e. The van der Waals surface area contributed by atoms with Gasteiger partial charge in [0.25, 0.3) is 0 Å². The Balaban J connectivity index is 3.90. The number of hydrogen-bond acceptors (Lipinski definition) is 2. The quantitative estimate of drug-likeness (QED) is 0.541. The van der Waals surface area contributed by atoms with Crippen LogP contribution in [0.3, 0.4) is 0 Å². The number of carbonyl (C=O) groups excluding carboxylic acids is 1. The highest BCUT2D eigenvalue weighted by Gasteiger charge is 2.22. The van der Waals surface area contributed by atoms with E-state index < -0.39 is 8.07 Å². The second kappa shape index (κ2) is 5.85. The van der Waals surface area contributed by atoms with Gasteiger partial charge in [-0.25, -0.2) is 0 Å². The molecule has 0 spiro atoms. The summed E-state index contributed by atoms with van der Waals surface area (Å²) in [4.78, 5) is 11.7. The van der Waals surface area contributed by atoms with Gasteiger partial charge >= 0.3 is 5.97 Å². The van der Waals surface area contributed by atoms with E-state index in [-0.39, 0.29) is 17.3 Å². The summed E-state index contributed by atoms with van der Waals surface area (Å²) in [7, 11) is -1.08. The van der Waals surface area contributed by atoms with E-state index in [4.69, 9.17) is 4.74 Å². The molecular formula is C13H28O2Si. The first-order valence-electron chi connectivity index (χ1n) is 6.18. The van der Waals surface area contributed by atoms with Crippen LogP contribution in [0.5, 0.6) is 0 Å². The van der Waals surface area contributed by atoms with E-state index in [2.05, 4.69) is 40.4 Å². The maximum atomic E-state index is 11.7. The number of ether oxygens (including phenoxy) is 1. The Hall–Kier alpha value is -0.313. The first kappa shape index (κ1) is 15.7. The van der Waals surface area contributed by atoms with Crippen LogP contribution in [0.2, 0.25) is 25.7 Å². The Labute approximate surface area is 102 Å². The molecule has 0 saturated carbocycles. The van der Waals surface area contributed by atoms with Gasteiger partial charge in [-0.3, -0.25) is 4.79 Å². The van der Waals surface area contributed by atoms with Crippen LogP contribution < -0.4 is 0 Å². The minimum Gasteiger partial charge on any atom is -0.466 e. The molecule has 0 aliphatic rings. The fourth-order valence-corrected chi connectivity index (χ4v) is 2.32. The van der Waals surface area contributed by atoms with Crippen molar-refractivity contribution in [2.24, 2.45) is 11.3 Å². The normalized spacial score (nSPS) is 14.7. The summed E-state index contributed by atoms with van der Waals surface area (Å²) in [6.45, 7) is 15.9. The van der Waals surface area contributed by atoms with Crippen molar-refractivity contribution in [1.82, 2.24) is 0 Å². The molecule has 0 aromatic rings. The lowest BCUT2D eigenvalue weighted by Crippen LogP contribution is -2.25. The highest BCUT2D eigenvalue weighted by atomic mass is 28.3. The zero-order valence-corrected chi connectivity index (χ0v) is 13.0.